The lowest BCUT2D eigenvalue weighted by Crippen LogP contribution is -2.49. The Hall–Kier alpha value is -4.02. The van der Waals surface area contributed by atoms with Crippen molar-refractivity contribution in [2.45, 2.75) is 19.6 Å². The summed E-state index contributed by atoms with van der Waals surface area (Å²) in [5.74, 6) is 0.748. The fraction of sp³-hybridized carbons (Fsp3) is 0.290. The van der Waals surface area contributed by atoms with Gasteiger partial charge in [0, 0.05) is 56.3 Å². The van der Waals surface area contributed by atoms with Crippen molar-refractivity contribution < 1.29 is 23.0 Å². The van der Waals surface area contributed by atoms with Crippen LogP contribution in [-0.2, 0) is 19.6 Å². The molecule has 1 fully saturated rings. The highest BCUT2D eigenvalue weighted by Crippen LogP contribution is 2.28. The fourth-order valence-corrected chi connectivity index (χ4v) is 5.74. The van der Waals surface area contributed by atoms with Crippen LogP contribution in [0.25, 0.3) is 0 Å². The third-order valence-corrected chi connectivity index (χ3v) is 7.93. The molecule has 1 aliphatic rings. The van der Waals surface area contributed by atoms with Gasteiger partial charge in [0.05, 0.1) is 26.5 Å². The number of hydrogen-bond donors (Lipinski definition) is 0. The number of halogens is 2. The summed E-state index contributed by atoms with van der Waals surface area (Å²) < 4.78 is 38.7. The molecular weight excluding hydrogens is 546 g/mol. The lowest BCUT2D eigenvalue weighted by molar-refractivity contribution is 0.0741. The molecule has 4 aromatic rings. The number of ether oxygens (including phenoxy) is 2. The Morgan fingerprint density at radius 3 is 2.39 bits per heavy atom. The summed E-state index contributed by atoms with van der Waals surface area (Å²) in [6.07, 6.45) is 0. The van der Waals surface area contributed by atoms with Crippen molar-refractivity contribution in [3.05, 3.63) is 106 Å². The number of aromatic nitrogens is 1. The summed E-state index contributed by atoms with van der Waals surface area (Å²) in [6, 6.07) is 18.8. The Balaban J connectivity index is 1.27. The molecule has 0 atom stereocenters. The van der Waals surface area contributed by atoms with Crippen molar-refractivity contribution in [1.82, 2.24) is 14.8 Å². The SMILES string of the molecule is COc1ccc(CN(Cc2ccc(F)cc2)Cc2nc(C(=O)N3CCN(c4ccccc4F)CC3)cs2)c(OC)c1. The van der Waals surface area contributed by atoms with E-state index in [1.165, 1.54) is 29.5 Å². The molecule has 10 heteroatoms. The zero-order valence-corrected chi connectivity index (χ0v) is 23.9. The van der Waals surface area contributed by atoms with E-state index in [0.29, 0.717) is 68.7 Å². The zero-order chi connectivity index (χ0) is 28.8. The number of carbonyl (C=O) groups is 1. The van der Waals surface area contributed by atoms with E-state index in [2.05, 4.69) is 9.88 Å². The zero-order valence-electron chi connectivity index (χ0n) is 23.1. The van der Waals surface area contributed by atoms with Gasteiger partial charge in [0.1, 0.15) is 33.8 Å². The van der Waals surface area contributed by atoms with Gasteiger partial charge >= 0.3 is 0 Å². The number of rotatable bonds is 10. The van der Waals surface area contributed by atoms with Crippen LogP contribution >= 0.6 is 11.3 Å². The molecule has 1 amide bonds. The van der Waals surface area contributed by atoms with E-state index in [1.807, 2.05) is 29.2 Å². The maximum atomic E-state index is 14.2. The summed E-state index contributed by atoms with van der Waals surface area (Å²) in [6.45, 7) is 3.69. The van der Waals surface area contributed by atoms with Crippen LogP contribution in [0.5, 0.6) is 11.5 Å². The first-order valence-corrected chi connectivity index (χ1v) is 14.2. The Kier molecular flexibility index (Phi) is 9.11. The van der Waals surface area contributed by atoms with E-state index >= 15 is 0 Å². The molecule has 2 heterocycles. The van der Waals surface area contributed by atoms with E-state index in [9.17, 15) is 13.6 Å². The molecule has 0 spiro atoms. The lowest BCUT2D eigenvalue weighted by Gasteiger charge is -2.35. The van der Waals surface area contributed by atoms with E-state index in [-0.39, 0.29) is 17.5 Å². The van der Waals surface area contributed by atoms with Gasteiger partial charge in [-0.1, -0.05) is 30.3 Å². The molecule has 0 radical (unpaired) electrons. The molecular formula is C31H32F2N4O3S. The predicted molar refractivity (Wildman–Crippen MR) is 156 cm³/mol. The first kappa shape index (κ1) is 28.5. The van der Waals surface area contributed by atoms with Crippen LogP contribution in [-0.4, -0.2) is 61.1 Å². The molecule has 41 heavy (non-hydrogen) atoms. The minimum absolute atomic E-state index is 0.123. The third kappa shape index (κ3) is 7.01. The van der Waals surface area contributed by atoms with Gasteiger partial charge in [-0.15, -0.1) is 11.3 Å². The van der Waals surface area contributed by atoms with Crippen LogP contribution in [0, 0.1) is 11.6 Å². The maximum absolute atomic E-state index is 14.2. The number of piperazine rings is 1. The molecule has 3 aromatic carbocycles. The number of carbonyl (C=O) groups excluding carboxylic acids is 1. The van der Waals surface area contributed by atoms with Crippen LogP contribution in [0.15, 0.2) is 72.1 Å². The highest BCUT2D eigenvalue weighted by molar-refractivity contribution is 7.09. The van der Waals surface area contributed by atoms with Crippen molar-refractivity contribution in [3.63, 3.8) is 0 Å². The Bertz CT molecular complexity index is 1470. The van der Waals surface area contributed by atoms with Crippen LogP contribution in [0.2, 0.25) is 0 Å². The molecule has 0 bridgehead atoms. The van der Waals surface area contributed by atoms with E-state index in [1.54, 1.807) is 48.8 Å². The van der Waals surface area contributed by atoms with E-state index in [4.69, 9.17) is 9.47 Å². The number of nitrogens with zero attached hydrogens (tertiary/aromatic N) is 4. The average Bonchev–Trinajstić information content (AvgIpc) is 3.47. The monoisotopic (exact) mass is 578 g/mol. The topological polar surface area (TPSA) is 58.1 Å². The number of anilines is 1. The Labute approximate surface area is 242 Å². The molecule has 1 aliphatic heterocycles. The summed E-state index contributed by atoms with van der Waals surface area (Å²) >= 11 is 1.44. The first-order valence-electron chi connectivity index (χ1n) is 13.3. The van der Waals surface area contributed by atoms with Crippen LogP contribution in [0.1, 0.15) is 26.6 Å². The molecule has 0 unspecified atom stereocenters. The third-order valence-electron chi connectivity index (χ3n) is 7.10. The Morgan fingerprint density at radius 1 is 0.927 bits per heavy atom. The summed E-state index contributed by atoms with van der Waals surface area (Å²) in [5, 5.41) is 2.60. The molecule has 7 nitrogen and oxygen atoms in total. The van der Waals surface area contributed by atoms with Crippen LogP contribution in [0.3, 0.4) is 0 Å². The van der Waals surface area contributed by atoms with Gasteiger partial charge in [0.25, 0.3) is 5.91 Å². The Morgan fingerprint density at radius 2 is 1.68 bits per heavy atom. The smallest absolute Gasteiger partial charge is 0.273 e. The van der Waals surface area contributed by atoms with Crippen molar-refractivity contribution in [3.8, 4) is 11.5 Å². The van der Waals surface area contributed by atoms with E-state index in [0.717, 1.165) is 16.1 Å². The van der Waals surface area contributed by atoms with Crippen molar-refractivity contribution >= 4 is 22.9 Å². The van der Waals surface area contributed by atoms with Crippen molar-refractivity contribution in [2.75, 3.05) is 45.3 Å². The molecule has 0 aliphatic carbocycles. The number of methoxy groups -OCH3 is 2. The number of benzene rings is 3. The second-order valence-electron chi connectivity index (χ2n) is 9.81. The molecule has 1 aromatic heterocycles. The molecule has 214 valence electrons. The van der Waals surface area contributed by atoms with Crippen molar-refractivity contribution in [2.24, 2.45) is 0 Å². The van der Waals surface area contributed by atoms with Crippen molar-refractivity contribution in [1.29, 1.82) is 0 Å². The normalized spacial score (nSPS) is 13.5. The molecule has 0 saturated carbocycles. The number of hydrogen-bond acceptors (Lipinski definition) is 7. The van der Waals surface area contributed by atoms with Gasteiger partial charge in [-0.25, -0.2) is 13.8 Å². The minimum Gasteiger partial charge on any atom is -0.497 e. The van der Waals surface area contributed by atoms with Gasteiger partial charge in [-0.05, 0) is 35.9 Å². The fourth-order valence-electron chi connectivity index (χ4n) is 4.93. The number of amides is 1. The molecule has 0 N–H and O–H groups in total. The average molecular weight is 579 g/mol. The predicted octanol–water partition coefficient (Wildman–Crippen LogP) is 5.60. The highest BCUT2D eigenvalue weighted by Gasteiger charge is 2.25. The molecule has 1 saturated heterocycles. The van der Waals surface area contributed by atoms with Gasteiger partial charge in [0.15, 0.2) is 0 Å². The van der Waals surface area contributed by atoms with Gasteiger partial charge < -0.3 is 19.3 Å². The van der Waals surface area contributed by atoms with Gasteiger partial charge in [-0.3, -0.25) is 9.69 Å². The highest BCUT2D eigenvalue weighted by atomic mass is 32.1. The number of thiazole rings is 1. The summed E-state index contributed by atoms with van der Waals surface area (Å²) in [7, 11) is 3.23. The summed E-state index contributed by atoms with van der Waals surface area (Å²) in [5.41, 5.74) is 2.90. The minimum atomic E-state index is -0.282. The van der Waals surface area contributed by atoms with Gasteiger partial charge in [0.2, 0.25) is 0 Å². The quantitative estimate of drug-likeness (QED) is 0.244. The standard InChI is InChI=1S/C31H32F2N4O3S/c1-39-25-12-9-23(29(17-25)40-2)19-35(18-22-7-10-24(32)11-8-22)20-30-34-27(21-41-30)31(38)37-15-13-36(14-16-37)28-6-4-3-5-26(28)33/h3-12,17,21H,13-16,18-20H2,1-2H3. The summed E-state index contributed by atoms with van der Waals surface area (Å²) in [4.78, 5) is 23.9. The second kappa shape index (κ2) is 13.1. The lowest BCUT2D eigenvalue weighted by atomic mass is 10.1. The van der Waals surface area contributed by atoms with E-state index < -0.39 is 0 Å². The maximum Gasteiger partial charge on any atom is 0.273 e. The van der Waals surface area contributed by atoms with Crippen LogP contribution < -0.4 is 14.4 Å². The largest absolute Gasteiger partial charge is 0.497 e. The van der Waals surface area contributed by atoms with Crippen LogP contribution in [0.4, 0.5) is 14.5 Å². The molecule has 5 rings (SSSR count). The first-order chi connectivity index (χ1) is 19.9. The second-order valence-corrected chi connectivity index (χ2v) is 10.7. The van der Waals surface area contributed by atoms with Gasteiger partial charge in [-0.2, -0.15) is 0 Å². The number of para-hydroxylation sites is 1.